The maximum Gasteiger partial charge on any atom is 0.324 e. The molecule has 1 aliphatic heterocycles. The molecule has 6 heteroatoms. The van der Waals surface area contributed by atoms with Gasteiger partial charge in [0.1, 0.15) is 6.04 Å². The maximum absolute atomic E-state index is 11.7. The van der Waals surface area contributed by atoms with Crippen LogP contribution >= 0.6 is 0 Å². The van der Waals surface area contributed by atoms with Gasteiger partial charge in [0.15, 0.2) is 0 Å². The fraction of sp³-hybridized carbons (Fsp3) is 0.818. The van der Waals surface area contributed by atoms with Gasteiger partial charge < -0.3 is 15.0 Å². The van der Waals surface area contributed by atoms with Crippen molar-refractivity contribution >= 4 is 11.9 Å². The van der Waals surface area contributed by atoms with Crippen LogP contribution < -0.4 is 5.32 Å². The molecule has 1 unspecified atom stereocenters. The number of hydrogen-bond donors (Lipinski definition) is 1. The highest BCUT2D eigenvalue weighted by atomic mass is 16.5. The first-order chi connectivity index (χ1) is 8.06. The zero-order valence-corrected chi connectivity index (χ0v) is 10.7. The van der Waals surface area contributed by atoms with Gasteiger partial charge in [-0.25, -0.2) is 0 Å². The van der Waals surface area contributed by atoms with Crippen molar-refractivity contribution in [3.8, 4) is 0 Å². The van der Waals surface area contributed by atoms with E-state index in [2.05, 4.69) is 5.32 Å². The first-order valence-electron chi connectivity index (χ1n) is 5.87. The highest BCUT2D eigenvalue weighted by Crippen LogP contribution is 2.05. The smallest absolute Gasteiger partial charge is 0.324 e. The highest BCUT2D eigenvalue weighted by Gasteiger charge is 2.31. The average Bonchev–Trinajstić information content (AvgIpc) is 2.29. The number of piperazine rings is 1. The summed E-state index contributed by atoms with van der Waals surface area (Å²) in [5.74, 6) is -0.257. The summed E-state index contributed by atoms with van der Waals surface area (Å²) in [4.78, 5) is 26.8. The number of ether oxygens (including phenoxy) is 1. The number of amides is 1. The Kier molecular flexibility index (Phi) is 5.37. The number of hydrogen-bond acceptors (Lipinski definition) is 5. The van der Waals surface area contributed by atoms with E-state index in [9.17, 15) is 9.59 Å². The van der Waals surface area contributed by atoms with E-state index in [0.717, 1.165) is 6.54 Å². The molecule has 0 aliphatic carbocycles. The molecule has 17 heavy (non-hydrogen) atoms. The summed E-state index contributed by atoms with van der Waals surface area (Å²) in [5.41, 5.74) is 0. The zero-order valence-electron chi connectivity index (χ0n) is 10.7. The number of carbonyl (C=O) groups excluding carboxylic acids is 2. The molecule has 1 saturated heterocycles. The van der Waals surface area contributed by atoms with E-state index in [4.69, 9.17) is 4.74 Å². The summed E-state index contributed by atoms with van der Waals surface area (Å²) in [5, 5.41) is 3.14. The largest absolute Gasteiger partial charge is 0.465 e. The molecule has 1 heterocycles. The van der Waals surface area contributed by atoms with Gasteiger partial charge in [-0.2, -0.15) is 0 Å². The summed E-state index contributed by atoms with van der Waals surface area (Å²) in [6, 6.07) is -0.354. The van der Waals surface area contributed by atoms with Gasteiger partial charge in [-0.05, 0) is 6.92 Å². The van der Waals surface area contributed by atoms with E-state index in [1.54, 1.807) is 21.0 Å². The summed E-state index contributed by atoms with van der Waals surface area (Å²) in [6.45, 7) is 4.42. The molecular formula is C11H21N3O3. The van der Waals surface area contributed by atoms with Gasteiger partial charge >= 0.3 is 5.97 Å². The lowest BCUT2D eigenvalue weighted by atomic mass is 10.2. The normalized spacial score (nSPS) is 21.0. The van der Waals surface area contributed by atoms with Crippen LogP contribution in [0.3, 0.4) is 0 Å². The van der Waals surface area contributed by atoms with E-state index in [-0.39, 0.29) is 24.5 Å². The van der Waals surface area contributed by atoms with Crippen LogP contribution in [0.5, 0.6) is 0 Å². The lowest BCUT2D eigenvalue weighted by Gasteiger charge is -2.34. The summed E-state index contributed by atoms with van der Waals surface area (Å²) >= 11 is 0. The molecule has 1 aliphatic rings. The number of nitrogens with one attached hydrogen (secondary N) is 1. The molecular weight excluding hydrogens is 222 g/mol. The fourth-order valence-corrected chi connectivity index (χ4v) is 1.72. The molecule has 1 N–H and O–H groups in total. The Balaban J connectivity index is 2.59. The minimum absolute atomic E-state index is 0.00111. The average molecular weight is 243 g/mol. The van der Waals surface area contributed by atoms with Gasteiger partial charge in [-0.1, -0.05) is 0 Å². The van der Waals surface area contributed by atoms with Crippen LogP contribution in [-0.2, 0) is 14.3 Å². The molecule has 0 radical (unpaired) electrons. The van der Waals surface area contributed by atoms with Crippen molar-refractivity contribution in [1.82, 2.24) is 15.1 Å². The second-order valence-corrected chi connectivity index (χ2v) is 4.23. The van der Waals surface area contributed by atoms with Crippen LogP contribution in [0.15, 0.2) is 0 Å². The Morgan fingerprint density at radius 2 is 2.18 bits per heavy atom. The summed E-state index contributed by atoms with van der Waals surface area (Å²) < 4.78 is 5.01. The van der Waals surface area contributed by atoms with E-state index >= 15 is 0 Å². The number of likely N-dealkylation sites (N-methyl/N-ethyl adjacent to an activating group) is 1. The molecule has 1 fully saturated rings. The van der Waals surface area contributed by atoms with Crippen molar-refractivity contribution in [2.45, 2.75) is 13.0 Å². The van der Waals surface area contributed by atoms with Crippen LogP contribution in [0.2, 0.25) is 0 Å². The quantitative estimate of drug-likeness (QED) is 0.636. The molecule has 0 saturated carbocycles. The van der Waals surface area contributed by atoms with Crippen molar-refractivity contribution in [1.29, 1.82) is 0 Å². The number of esters is 1. The number of nitrogens with zero attached hydrogens (tertiary/aromatic N) is 2. The van der Waals surface area contributed by atoms with Crippen LogP contribution in [0.25, 0.3) is 0 Å². The Morgan fingerprint density at radius 1 is 1.47 bits per heavy atom. The topological polar surface area (TPSA) is 61.9 Å². The van der Waals surface area contributed by atoms with E-state index in [0.29, 0.717) is 19.7 Å². The number of carbonyl (C=O) groups is 2. The van der Waals surface area contributed by atoms with Crippen LogP contribution in [0, 0.1) is 0 Å². The SMILES string of the molecule is CCOC(=O)C1CNCCN1CC(=O)N(C)C. The molecule has 1 atom stereocenters. The van der Waals surface area contributed by atoms with Crippen molar-refractivity contribution in [3.05, 3.63) is 0 Å². The molecule has 0 aromatic carbocycles. The standard InChI is InChI=1S/C11H21N3O3/c1-4-17-11(16)9-7-12-5-6-14(9)8-10(15)13(2)3/h9,12H,4-8H2,1-3H3. The molecule has 1 rings (SSSR count). The molecule has 0 aromatic rings. The molecule has 0 aromatic heterocycles. The van der Waals surface area contributed by atoms with Crippen LogP contribution in [0.4, 0.5) is 0 Å². The number of rotatable bonds is 4. The van der Waals surface area contributed by atoms with Gasteiger partial charge in [0, 0.05) is 33.7 Å². The summed E-state index contributed by atoms with van der Waals surface area (Å²) in [7, 11) is 3.42. The van der Waals surface area contributed by atoms with E-state index < -0.39 is 0 Å². The van der Waals surface area contributed by atoms with Crippen LogP contribution in [-0.4, -0.2) is 74.6 Å². The molecule has 1 amide bonds. The van der Waals surface area contributed by atoms with Crippen molar-refractivity contribution in [2.75, 3.05) is 46.9 Å². The molecule has 6 nitrogen and oxygen atoms in total. The predicted molar refractivity (Wildman–Crippen MR) is 63.6 cm³/mol. The van der Waals surface area contributed by atoms with Gasteiger partial charge in [0.2, 0.25) is 5.91 Å². The Bertz CT molecular complexity index is 281. The van der Waals surface area contributed by atoms with Crippen molar-refractivity contribution in [3.63, 3.8) is 0 Å². The zero-order chi connectivity index (χ0) is 12.8. The minimum Gasteiger partial charge on any atom is -0.465 e. The van der Waals surface area contributed by atoms with Gasteiger partial charge in [-0.3, -0.25) is 14.5 Å². The van der Waals surface area contributed by atoms with Crippen molar-refractivity contribution < 1.29 is 14.3 Å². The summed E-state index contributed by atoms with van der Waals surface area (Å²) in [6.07, 6.45) is 0. The second-order valence-electron chi connectivity index (χ2n) is 4.23. The minimum atomic E-state index is -0.354. The third-order valence-electron chi connectivity index (χ3n) is 2.75. The Hall–Kier alpha value is -1.14. The monoisotopic (exact) mass is 243 g/mol. The highest BCUT2D eigenvalue weighted by molar-refractivity contribution is 5.80. The lowest BCUT2D eigenvalue weighted by Crippen LogP contribution is -2.57. The maximum atomic E-state index is 11.7. The second kappa shape index (κ2) is 6.56. The Labute approximate surface area is 102 Å². The van der Waals surface area contributed by atoms with Crippen LogP contribution in [0.1, 0.15) is 6.92 Å². The van der Waals surface area contributed by atoms with E-state index in [1.807, 2.05) is 4.90 Å². The van der Waals surface area contributed by atoms with Crippen molar-refractivity contribution in [2.24, 2.45) is 0 Å². The predicted octanol–water partition coefficient (Wildman–Crippen LogP) is -1.09. The fourth-order valence-electron chi connectivity index (χ4n) is 1.72. The third-order valence-corrected chi connectivity index (χ3v) is 2.75. The van der Waals surface area contributed by atoms with Gasteiger partial charge in [0.25, 0.3) is 0 Å². The molecule has 0 bridgehead atoms. The first kappa shape index (κ1) is 13.9. The van der Waals surface area contributed by atoms with E-state index in [1.165, 1.54) is 4.90 Å². The molecule has 0 spiro atoms. The Morgan fingerprint density at radius 3 is 2.76 bits per heavy atom. The first-order valence-corrected chi connectivity index (χ1v) is 5.87. The van der Waals surface area contributed by atoms with Gasteiger partial charge in [-0.15, -0.1) is 0 Å². The lowest BCUT2D eigenvalue weighted by molar-refractivity contribution is -0.151. The molecule has 98 valence electrons. The third kappa shape index (κ3) is 3.98. The van der Waals surface area contributed by atoms with Gasteiger partial charge in [0.05, 0.1) is 13.2 Å².